The van der Waals surface area contributed by atoms with Crippen molar-refractivity contribution in [3.8, 4) is 11.3 Å². The number of nitrogens with one attached hydrogen (secondary N) is 2. The van der Waals surface area contributed by atoms with Crippen molar-refractivity contribution in [2.24, 2.45) is 5.14 Å². The van der Waals surface area contributed by atoms with Crippen LogP contribution in [-0.4, -0.2) is 26.0 Å². The highest BCUT2D eigenvalue weighted by atomic mass is 32.2. The molecular weight excluding hydrogens is 448 g/mol. The van der Waals surface area contributed by atoms with Crippen molar-refractivity contribution >= 4 is 27.6 Å². The monoisotopic (exact) mass is 474 g/mol. The highest BCUT2D eigenvalue weighted by molar-refractivity contribution is 7.87. The minimum atomic E-state index is -3.71. The Balaban J connectivity index is 1.62. The Bertz CT molecular complexity index is 1090. The number of rotatable bonds is 11. The van der Waals surface area contributed by atoms with Gasteiger partial charge < -0.3 is 10.1 Å². The molecule has 10 heteroatoms. The van der Waals surface area contributed by atoms with Gasteiger partial charge in [-0.3, -0.25) is 0 Å². The Morgan fingerprint density at radius 2 is 1.75 bits per heavy atom. The summed E-state index contributed by atoms with van der Waals surface area (Å²) in [6.45, 7) is 0.405. The average Bonchev–Trinajstić information content (AvgIpc) is 3.27. The molecule has 1 amide bonds. The molecule has 0 spiro atoms. The molecule has 0 fully saturated rings. The van der Waals surface area contributed by atoms with Crippen LogP contribution in [0.5, 0.6) is 0 Å². The van der Waals surface area contributed by atoms with Crippen molar-refractivity contribution in [1.82, 2.24) is 15.0 Å². The molecule has 32 heavy (non-hydrogen) atoms. The number of nitrogens with two attached hydrogens (primary N) is 1. The van der Waals surface area contributed by atoms with Gasteiger partial charge in [0.15, 0.2) is 0 Å². The Hall–Kier alpha value is -2.79. The zero-order valence-corrected chi connectivity index (χ0v) is 19.1. The van der Waals surface area contributed by atoms with E-state index in [1.165, 1.54) is 11.3 Å². The highest BCUT2D eigenvalue weighted by Gasteiger charge is 2.19. The van der Waals surface area contributed by atoms with Crippen LogP contribution in [0.4, 0.5) is 4.79 Å². The van der Waals surface area contributed by atoms with Crippen molar-refractivity contribution in [3.63, 3.8) is 0 Å². The summed E-state index contributed by atoms with van der Waals surface area (Å²) in [6.07, 6.45) is 1.28. The Morgan fingerprint density at radius 3 is 2.44 bits per heavy atom. The smallest absolute Gasteiger partial charge is 0.408 e. The number of carbonyl (C=O) groups excluding carboxylic acids is 1. The summed E-state index contributed by atoms with van der Waals surface area (Å²) in [6, 6.07) is 18.9. The molecule has 1 heterocycles. The Morgan fingerprint density at radius 1 is 1.06 bits per heavy atom. The lowest BCUT2D eigenvalue weighted by Gasteiger charge is -2.16. The van der Waals surface area contributed by atoms with E-state index in [1.54, 1.807) is 0 Å². The van der Waals surface area contributed by atoms with E-state index in [-0.39, 0.29) is 19.2 Å². The van der Waals surface area contributed by atoms with Crippen LogP contribution in [0.25, 0.3) is 11.3 Å². The molecule has 8 nitrogen and oxygen atoms in total. The summed E-state index contributed by atoms with van der Waals surface area (Å²) >= 11 is 1.46. The van der Waals surface area contributed by atoms with Crippen molar-refractivity contribution in [2.75, 3.05) is 6.54 Å². The molecule has 0 saturated heterocycles. The van der Waals surface area contributed by atoms with E-state index in [9.17, 15) is 13.2 Å². The largest absolute Gasteiger partial charge is 0.445 e. The van der Waals surface area contributed by atoms with Crippen molar-refractivity contribution in [3.05, 3.63) is 76.6 Å². The van der Waals surface area contributed by atoms with Crippen molar-refractivity contribution in [2.45, 2.75) is 31.9 Å². The van der Waals surface area contributed by atoms with Crippen molar-refractivity contribution < 1.29 is 17.9 Å². The third-order valence-electron chi connectivity index (χ3n) is 4.62. The number of hydrogen-bond donors (Lipinski definition) is 3. The molecule has 0 bridgehead atoms. The van der Waals surface area contributed by atoms with Crippen LogP contribution in [0.2, 0.25) is 0 Å². The molecule has 2 aromatic carbocycles. The van der Waals surface area contributed by atoms with Crippen LogP contribution < -0.4 is 15.2 Å². The topological polar surface area (TPSA) is 123 Å². The van der Waals surface area contributed by atoms with Crippen LogP contribution in [0.1, 0.15) is 35.9 Å². The number of alkyl carbamates (subject to hydrolysis) is 1. The van der Waals surface area contributed by atoms with Gasteiger partial charge in [-0.15, -0.1) is 11.3 Å². The summed E-state index contributed by atoms with van der Waals surface area (Å²) in [5.41, 5.74) is 2.73. The Kier molecular flexibility index (Phi) is 8.74. The average molecular weight is 475 g/mol. The van der Waals surface area contributed by atoms with Crippen LogP contribution in [0, 0.1) is 0 Å². The molecule has 1 atom stereocenters. The fraction of sp³-hybridized carbons (Fsp3) is 0.273. The second-order valence-electron chi connectivity index (χ2n) is 7.13. The zero-order valence-electron chi connectivity index (χ0n) is 17.4. The normalized spacial score (nSPS) is 12.3. The summed E-state index contributed by atoms with van der Waals surface area (Å²) in [5.74, 6) is 0. The number of aromatic nitrogens is 1. The van der Waals surface area contributed by atoms with Gasteiger partial charge in [0.25, 0.3) is 10.2 Å². The number of hydrogen-bond acceptors (Lipinski definition) is 6. The quantitative estimate of drug-likeness (QED) is 0.365. The lowest BCUT2D eigenvalue weighted by molar-refractivity contribution is 0.135. The van der Waals surface area contributed by atoms with E-state index < -0.39 is 16.3 Å². The number of amides is 1. The second-order valence-corrected chi connectivity index (χ2v) is 9.40. The van der Waals surface area contributed by atoms with Crippen LogP contribution in [0.3, 0.4) is 0 Å². The molecule has 0 saturated carbocycles. The molecular formula is C22H26N4O4S2. The third kappa shape index (κ3) is 8.04. The van der Waals surface area contributed by atoms with Gasteiger partial charge in [0.2, 0.25) is 0 Å². The lowest BCUT2D eigenvalue weighted by Crippen LogP contribution is -2.32. The molecule has 0 unspecified atom stereocenters. The van der Waals surface area contributed by atoms with Gasteiger partial charge in [0.05, 0.1) is 11.7 Å². The zero-order chi connectivity index (χ0) is 22.8. The molecule has 3 rings (SSSR count). The maximum atomic E-state index is 12.4. The first-order chi connectivity index (χ1) is 15.4. The van der Waals surface area contributed by atoms with E-state index in [0.717, 1.165) is 21.8 Å². The summed E-state index contributed by atoms with van der Waals surface area (Å²) in [4.78, 5) is 17.1. The fourth-order valence-corrected chi connectivity index (χ4v) is 4.38. The number of unbranched alkanes of at least 4 members (excludes halogenated alkanes) is 1. The fourth-order valence-electron chi connectivity index (χ4n) is 3.04. The molecule has 0 aliphatic carbocycles. The van der Waals surface area contributed by atoms with Gasteiger partial charge in [-0.25, -0.2) is 19.6 Å². The number of nitrogens with zero attached hydrogens (tertiary/aromatic N) is 1. The number of carbonyl (C=O) groups is 1. The van der Waals surface area contributed by atoms with E-state index >= 15 is 0 Å². The van der Waals surface area contributed by atoms with Crippen molar-refractivity contribution in [1.29, 1.82) is 0 Å². The van der Waals surface area contributed by atoms with Crippen LogP contribution in [0.15, 0.2) is 66.0 Å². The third-order valence-corrected chi connectivity index (χ3v) is 6.18. The minimum absolute atomic E-state index is 0.171. The van der Waals surface area contributed by atoms with Crippen LogP contribution in [-0.2, 0) is 21.6 Å². The molecule has 1 aromatic heterocycles. The van der Waals surface area contributed by atoms with E-state index in [0.29, 0.717) is 19.3 Å². The van der Waals surface area contributed by atoms with Gasteiger partial charge in [0, 0.05) is 17.5 Å². The van der Waals surface area contributed by atoms with E-state index in [2.05, 4.69) is 10.0 Å². The van der Waals surface area contributed by atoms with Gasteiger partial charge in [-0.2, -0.15) is 8.42 Å². The summed E-state index contributed by atoms with van der Waals surface area (Å²) in [7, 11) is -3.71. The van der Waals surface area contributed by atoms with Gasteiger partial charge in [0.1, 0.15) is 11.6 Å². The summed E-state index contributed by atoms with van der Waals surface area (Å²) in [5, 5.41) is 10.6. The van der Waals surface area contributed by atoms with Gasteiger partial charge in [-0.05, 0) is 24.8 Å². The molecule has 0 aliphatic rings. The van der Waals surface area contributed by atoms with E-state index in [1.807, 2.05) is 66.0 Å². The molecule has 3 aromatic rings. The standard InChI is InChI=1S/C22H26N4O4S2/c23-32(28,29)24-14-8-7-13-19(26-22(27)30-15-17-9-3-1-4-10-17)21-25-20(16-31-21)18-11-5-2-6-12-18/h1-6,9-12,16,19,24H,7-8,13-15H2,(H,26,27)(H2,23,28,29)/t19-/m1/s1. The molecule has 170 valence electrons. The first kappa shape index (κ1) is 23.9. The highest BCUT2D eigenvalue weighted by Crippen LogP contribution is 2.28. The molecule has 0 aliphatic heterocycles. The summed E-state index contributed by atoms with van der Waals surface area (Å²) < 4.78 is 29.6. The minimum Gasteiger partial charge on any atom is -0.445 e. The number of benzene rings is 2. The number of thiazole rings is 1. The first-order valence-corrected chi connectivity index (χ1v) is 12.6. The molecule has 0 radical (unpaired) electrons. The lowest BCUT2D eigenvalue weighted by atomic mass is 10.1. The van der Waals surface area contributed by atoms with Gasteiger partial charge in [-0.1, -0.05) is 60.7 Å². The maximum absolute atomic E-state index is 12.4. The first-order valence-electron chi connectivity index (χ1n) is 10.2. The second kappa shape index (κ2) is 11.7. The van der Waals surface area contributed by atoms with Crippen LogP contribution >= 0.6 is 11.3 Å². The predicted octanol–water partition coefficient (Wildman–Crippen LogP) is 3.74. The number of ether oxygens (including phenoxy) is 1. The van der Waals surface area contributed by atoms with E-state index in [4.69, 9.17) is 14.9 Å². The van der Waals surface area contributed by atoms with Gasteiger partial charge >= 0.3 is 6.09 Å². The molecule has 4 N–H and O–H groups in total. The Labute approximate surface area is 192 Å². The maximum Gasteiger partial charge on any atom is 0.408 e. The SMILES string of the molecule is NS(=O)(=O)NCCCC[C@@H](NC(=O)OCc1ccccc1)c1nc(-c2ccccc2)cs1. The predicted molar refractivity (Wildman–Crippen MR) is 125 cm³/mol.